The largest absolute Gasteiger partial charge is 0.357 e. The zero-order valence-electron chi connectivity index (χ0n) is 15.3. The van der Waals surface area contributed by atoms with Gasteiger partial charge in [0, 0.05) is 26.2 Å². The molecule has 0 aromatic rings. The highest BCUT2D eigenvalue weighted by Gasteiger charge is 2.41. The van der Waals surface area contributed by atoms with Crippen molar-refractivity contribution in [2.24, 2.45) is 16.3 Å². The Morgan fingerprint density at radius 3 is 2.57 bits per heavy atom. The highest BCUT2D eigenvalue weighted by Crippen LogP contribution is 2.45. The van der Waals surface area contributed by atoms with Crippen LogP contribution in [0.15, 0.2) is 4.99 Å². The summed E-state index contributed by atoms with van der Waals surface area (Å²) in [6, 6.07) is 0. The van der Waals surface area contributed by atoms with E-state index in [1.54, 1.807) is 0 Å². The Morgan fingerprint density at radius 1 is 1.13 bits per heavy atom. The van der Waals surface area contributed by atoms with E-state index in [1.165, 1.54) is 83.5 Å². The molecule has 1 saturated carbocycles. The molecule has 3 aliphatic rings. The molecule has 1 spiro atoms. The van der Waals surface area contributed by atoms with Crippen LogP contribution in [0.1, 0.15) is 58.3 Å². The van der Waals surface area contributed by atoms with Crippen molar-refractivity contribution < 1.29 is 0 Å². The SMILES string of the molecule is CCNC(=NCCC1CCN(C)CC1)N1CCC2(CCCC2)C1. The van der Waals surface area contributed by atoms with Crippen LogP contribution in [0.2, 0.25) is 0 Å². The molecule has 2 saturated heterocycles. The molecule has 4 heteroatoms. The number of nitrogens with zero attached hydrogens (tertiary/aromatic N) is 3. The average Bonchev–Trinajstić information content (AvgIpc) is 3.19. The van der Waals surface area contributed by atoms with Crippen molar-refractivity contribution in [3.63, 3.8) is 0 Å². The second kappa shape index (κ2) is 7.87. The first-order valence-corrected chi connectivity index (χ1v) is 9.93. The van der Waals surface area contributed by atoms with Crippen LogP contribution < -0.4 is 5.32 Å². The van der Waals surface area contributed by atoms with Crippen LogP contribution in [0.25, 0.3) is 0 Å². The topological polar surface area (TPSA) is 30.9 Å². The van der Waals surface area contributed by atoms with E-state index >= 15 is 0 Å². The molecule has 0 radical (unpaired) electrons. The summed E-state index contributed by atoms with van der Waals surface area (Å²) in [5, 5.41) is 3.54. The zero-order valence-corrected chi connectivity index (χ0v) is 15.3. The number of rotatable bonds is 4. The minimum absolute atomic E-state index is 0.629. The van der Waals surface area contributed by atoms with Gasteiger partial charge in [-0.25, -0.2) is 0 Å². The molecule has 3 fully saturated rings. The lowest BCUT2D eigenvalue weighted by molar-refractivity contribution is 0.214. The summed E-state index contributed by atoms with van der Waals surface area (Å²) in [7, 11) is 2.24. The molecule has 2 heterocycles. The van der Waals surface area contributed by atoms with Crippen molar-refractivity contribution in [2.45, 2.75) is 58.3 Å². The smallest absolute Gasteiger partial charge is 0.193 e. The average molecular weight is 321 g/mol. The van der Waals surface area contributed by atoms with Gasteiger partial charge in [0.15, 0.2) is 5.96 Å². The van der Waals surface area contributed by atoms with Crippen LogP contribution in [0.5, 0.6) is 0 Å². The fourth-order valence-corrected chi connectivity index (χ4v) is 4.78. The zero-order chi connectivity index (χ0) is 16.1. The minimum atomic E-state index is 0.629. The summed E-state index contributed by atoms with van der Waals surface area (Å²) in [5.41, 5.74) is 0.629. The van der Waals surface area contributed by atoms with Gasteiger partial charge in [-0.1, -0.05) is 12.8 Å². The predicted octanol–water partition coefficient (Wildman–Crippen LogP) is 2.95. The van der Waals surface area contributed by atoms with E-state index in [-0.39, 0.29) is 0 Å². The quantitative estimate of drug-likeness (QED) is 0.638. The monoisotopic (exact) mass is 320 g/mol. The Hall–Kier alpha value is -0.770. The Morgan fingerprint density at radius 2 is 1.87 bits per heavy atom. The normalized spacial score (nSPS) is 26.3. The fourth-order valence-electron chi connectivity index (χ4n) is 4.78. The minimum Gasteiger partial charge on any atom is -0.357 e. The van der Waals surface area contributed by atoms with Crippen LogP contribution in [0.3, 0.4) is 0 Å². The first kappa shape index (κ1) is 17.1. The number of nitrogens with one attached hydrogen (secondary N) is 1. The van der Waals surface area contributed by atoms with Gasteiger partial charge in [0.05, 0.1) is 0 Å². The number of piperidine rings is 1. The maximum absolute atomic E-state index is 4.98. The highest BCUT2D eigenvalue weighted by molar-refractivity contribution is 5.80. The molecular weight excluding hydrogens is 284 g/mol. The van der Waals surface area contributed by atoms with Gasteiger partial charge in [0.2, 0.25) is 0 Å². The number of likely N-dealkylation sites (tertiary alicyclic amines) is 2. The van der Waals surface area contributed by atoms with Crippen LogP contribution in [-0.4, -0.2) is 62.1 Å². The van der Waals surface area contributed by atoms with Crippen LogP contribution in [-0.2, 0) is 0 Å². The Labute approximate surface area is 142 Å². The van der Waals surface area contributed by atoms with Crippen molar-refractivity contribution in [1.82, 2.24) is 15.1 Å². The van der Waals surface area contributed by atoms with Gasteiger partial charge in [-0.2, -0.15) is 0 Å². The van der Waals surface area contributed by atoms with Gasteiger partial charge in [0.1, 0.15) is 0 Å². The standard InChI is InChI=1S/C19H36N4/c1-3-20-18(21-12-6-17-7-13-22(2)14-8-17)23-15-11-19(16-23)9-4-5-10-19/h17H,3-16H2,1-2H3,(H,20,21). The molecular formula is C19H36N4. The molecule has 0 aromatic carbocycles. The molecule has 2 aliphatic heterocycles. The van der Waals surface area contributed by atoms with Crippen LogP contribution in [0, 0.1) is 11.3 Å². The van der Waals surface area contributed by atoms with E-state index in [0.717, 1.165) is 19.0 Å². The molecule has 0 aromatic heterocycles. The fraction of sp³-hybridized carbons (Fsp3) is 0.947. The summed E-state index contributed by atoms with van der Waals surface area (Å²) >= 11 is 0. The van der Waals surface area contributed by atoms with Gasteiger partial charge in [0.25, 0.3) is 0 Å². The Bertz CT molecular complexity index is 392. The lowest BCUT2D eigenvalue weighted by atomic mass is 9.86. The molecule has 0 amide bonds. The summed E-state index contributed by atoms with van der Waals surface area (Å²) in [6.07, 6.45) is 11.1. The van der Waals surface area contributed by atoms with Crippen molar-refractivity contribution >= 4 is 5.96 Å². The van der Waals surface area contributed by atoms with E-state index in [0.29, 0.717) is 5.41 Å². The van der Waals surface area contributed by atoms with Crippen molar-refractivity contribution in [3.05, 3.63) is 0 Å². The first-order chi connectivity index (χ1) is 11.2. The molecule has 132 valence electrons. The summed E-state index contributed by atoms with van der Waals surface area (Å²) in [6.45, 7) is 9.16. The van der Waals surface area contributed by atoms with E-state index in [2.05, 4.69) is 29.1 Å². The van der Waals surface area contributed by atoms with Gasteiger partial charge in [-0.3, -0.25) is 4.99 Å². The molecule has 3 rings (SSSR count). The number of hydrogen-bond donors (Lipinski definition) is 1. The van der Waals surface area contributed by atoms with Crippen LogP contribution in [0.4, 0.5) is 0 Å². The van der Waals surface area contributed by atoms with Gasteiger partial charge in [-0.05, 0) is 76.9 Å². The van der Waals surface area contributed by atoms with E-state index in [4.69, 9.17) is 4.99 Å². The first-order valence-electron chi connectivity index (χ1n) is 9.93. The third-order valence-corrected chi connectivity index (χ3v) is 6.37. The second-order valence-electron chi connectivity index (χ2n) is 8.15. The maximum atomic E-state index is 4.98. The predicted molar refractivity (Wildman–Crippen MR) is 97.9 cm³/mol. The van der Waals surface area contributed by atoms with E-state index < -0.39 is 0 Å². The molecule has 0 atom stereocenters. The Balaban J connectivity index is 1.49. The Kier molecular flexibility index (Phi) is 5.84. The third kappa shape index (κ3) is 4.40. The molecule has 0 unspecified atom stereocenters. The molecule has 4 nitrogen and oxygen atoms in total. The van der Waals surface area contributed by atoms with E-state index in [9.17, 15) is 0 Å². The summed E-state index contributed by atoms with van der Waals surface area (Å²) in [5.74, 6) is 2.07. The van der Waals surface area contributed by atoms with Crippen molar-refractivity contribution in [3.8, 4) is 0 Å². The second-order valence-corrected chi connectivity index (χ2v) is 8.15. The van der Waals surface area contributed by atoms with Gasteiger partial charge in [-0.15, -0.1) is 0 Å². The number of aliphatic imine (C=N–C) groups is 1. The van der Waals surface area contributed by atoms with E-state index in [1.807, 2.05) is 0 Å². The van der Waals surface area contributed by atoms with Crippen molar-refractivity contribution in [1.29, 1.82) is 0 Å². The summed E-state index contributed by atoms with van der Waals surface area (Å²) < 4.78 is 0. The third-order valence-electron chi connectivity index (χ3n) is 6.37. The highest BCUT2D eigenvalue weighted by atomic mass is 15.3. The molecule has 0 bridgehead atoms. The summed E-state index contributed by atoms with van der Waals surface area (Å²) in [4.78, 5) is 9.98. The molecule has 23 heavy (non-hydrogen) atoms. The molecule has 1 aliphatic carbocycles. The number of guanidine groups is 1. The van der Waals surface area contributed by atoms with Crippen LogP contribution >= 0.6 is 0 Å². The lowest BCUT2D eigenvalue weighted by Gasteiger charge is -2.29. The maximum Gasteiger partial charge on any atom is 0.193 e. The lowest BCUT2D eigenvalue weighted by Crippen LogP contribution is -2.41. The molecule has 1 N–H and O–H groups in total. The van der Waals surface area contributed by atoms with Gasteiger partial charge < -0.3 is 15.1 Å². The van der Waals surface area contributed by atoms with Crippen molar-refractivity contribution in [2.75, 3.05) is 46.3 Å². The van der Waals surface area contributed by atoms with Gasteiger partial charge >= 0.3 is 0 Å². The number of hydrogen-bond acceptors (Lipinski definition) is 2.